The highest BCUT2D eigenvalue weighted by atomic mass is 35.5. The fourth-order valence-electron chi connectivity index (χ4n) is 3.02. The van der Waals surface area contributed by atoms with Crippen LogP contribution < -0.4 is 5.32 Å². The zero-order valence-electron chi connectivity index (χ0n) is 13.2. The molecule has 6 heteroatoms. The van der Waals surface area contributed by atoms with Gasteiger partial charge in [-0.2, -0.15) is 0 Å². The zero-order valence-corrected chi connectivity index (χ0v) is 14.0. The van der Waals surface area contributed by atoms with Crippen molar-refractivity contribution in [1.82, 2.24) is 14.5 Å². The molecule has 2 aromatic rings. The third-order valence-corrected chi connectivity index (χ3v) is 4.64. The van der Waals surface area contributed by atoms with Gasteiger partial charge in [0, 0.05) is 39.0 Å². The van der Waals surface area contributed by atoms with Crippen LogP contribution in [-0.4, -0.2) is 33.6 Å². The molecule has 23 heavy (non-hydrogen) atoms. The normalized spacial score (nSPS) is 18.0. The van der Waals surface area contributed by atoms with Crippen molar-refractivity contribution in [3.63, 3.8) is 0 Å². The molecule has 0 aliphatic carbocycles. The number of piperidine rings is 1. The summed E-state index contributed by atoms with van der Waals surface area (Å²) in [5.41, 5.74) is 0.658. The molecule has 1 N–H and O–H groups in total. The largest absolute Gasteiger partial charge is 0.338 e. The molecule has 2 amide bonds. The first-order valence-corrected chi connectivity index (χ1v) is 8.28. The van der Waals surface area contributed by atoms with E-state index in [-0.39, 0.29) is 6.03 Å². The molecule has 1 aromatic carbocycles. The van der Waals surface area contributed by atoms with E-state index in [1.165, 1.54) is 0 Å². The Hall–Kier alpha value is -2.01. The summed E-state index contributed by atoms with van der Waals surface area (Å²) < 4.78 is 2.04. The summed E-state index contributed by atoms with van der Waals surface area (Å²) in [6.07, 6.45) is 6.83. The number of benzene rings is 1. The molecule has 3 rings (SSSR count). The number of nitrogens with one attached hydrogen (secondary N) is 1. The third kappa shape index (κ3) is 3.85. The highest BCUT2D eigenvalue weighted by Crippen LogP contribution is 2.23. The maximum absolute atomic E-state index is 12.5. The van der Waals surface area contributed by atoms with E-state index in [1.807, 2.05) is 47.1 Å². The Balaban J connectivity index is 1.60. The number of amides is 2. The summed E-state index contributed by atoms with van der Waals surface area (Å²) in [5, 5.41) is 3.46. The van der Waals surface area contributed by atoms with Crippen molar-refractivity contribution in [2.75, 3.05) is 18.4 Å². The van der Waals surface area contributed by atoms with Crippen LogP contribution >= 0.6 is 11.6 Å². The maximum Gasteiger partial charge on any atom is 0.321 e. The molecule has 122 valence electrons. The van der Waals surface area contributed by atoms with Gasteiger partial charge in [-0.3, -0.25) is 0 Å². The lowest BCUT2D eigenvalue weighted by molar-refractivity contribution is 0.176. The van der Waals surface area contributed by atoms with Crippen molar-refractivity contribution >= 4 is 23.3 Å². The third-order valence-electron chi connectivity index (χ3n) is 4.31. The summed E-state index contributed by atoms with van der Waals surface area (Å²) >= 11 is 6.10. The second-order valence-electron chi connectivity index (χ2n) is 6.02. The SMILES string of the molecule is Cn1ccnc1CC1CCCN(C(=O)Nc2ccccc2Cl)C1. The monoisotopic (exact) mass is 332 g/mol. The lowest BCUT2D eigenvalue weighted by atomic mass is 9.94. The fourth-order valence-corrected chi connectivity index (χ4v) is 3.21. The van der Waals surface area contributed by atoms with Gasteiger partial charge in [-0.1, -0.05) is 23.7 Å². The van der Waals surface area contributed by atoms with Gasteiger partial charge in [-0.15, -0.1) is 0 Å². The number of anilines is 1. The van der Waals surface area contributed by atoms with E-state index in [4.69, 9.17) is 11.6 Å². The number of aromatic nitrogens is 2. The van der Waals surface area contributed by atoms with E-state index < -0.39 is 0 Å². The zero-order chi connectivity index (χ0) is 16.2. The van der Waals surface area contributed by atoms with Gasteiger partial charge in [-0.25, -0.2) is 9.78 Å². The van der Waals surface area contributed by atoms with Gasteiger partial charge in [-0.05, 0) is 30.9 Å². The minimum atomic E-state index is -0.0809. The Labute approximate surface area is 141 Å². The van der Waals surface area contributed by atoms with Gasteiger partial charge >= 0.3 is 6.03 Å². The predicted molar refractivity (Wildman–Crippen MR) is 91.7 cm³/mol. The second kappa shape index (κ2) is 7.04. The first-order chi connectivity index (χ1) is 11.1. The quantitative estimate of drug-likeness (QED) is 0.934. The Morgan fingerprint density at radius 1 is 1.43 bits per heavy atom. The molecule has 0 bridgehead atoms. The topological polar surface area (TPSA) is 50.2 Å². The number of para-hydroxylation sites is 1. The van der Waals surface area contributed by atoms with Gasteiger partial charge in [0.05, 0.1) is 10.7 Å². The molecule has 1 atom stereocenters. The van der Waals surface area contributed by atoms with Crippen LogP contribution in [0.2, 0.25) is 5.02 Å². The highest BCUT2D eigenvalue weighted by Gasteiger charge is 2.25. The highest BCUT2D eigenvalue weighted by molar-refractivity contribution is 6.33. The first-order valence-electron chi connectivity index (χ1n) is 7.90. The summed E-state index contributed by atoms with van der Waals surface area (Å²) in [4.78, 5) is 18.7. The molecule has 1 saturated heterocycles. The average molecular weight is 333 g/mol. The number of urea groups is 1. The molecule has 1 aromatic heterocycles. The molecule has 0 radical (unpaired) electrons. The van der Waals surface area contributed by atoms with Crippen LogP contribution in [0.3, 0.4) is 0 Å². The van der Waals surface area contributed by atoms with E-state index in [1.54, 1.807) is 6.07 Å². The number of likely N-dealkylation sites (tertiary alicyclic amines) is 1. The van der Waals surface area contributed by atoms with Gasteiger partial charge in [0.25, 0.3) is 0 Å². The lowest BCUT2D eigenvalue weighted by Gasteiger charge is -2.32. The van der Waals surface area contributed by atoms with Crippen LogP contribution in [0, 0.1) is 5.92 Å². The van der Waals surface area contributed by atoms with Crippen molar-refractivity contribution in [2.45, 2.75) is 19.3 Å². The molecule has 1 fully saturated rings. The molecule has 1 aliphatic rings. The lowest BCUT2D eigenvalue weighted by Crippen LogP contribution is -2.43. The average Bonchev–Trinajstić information content (AvgIpc) is 2.95. The summed E-state index contributed by atoms with van der Waals surface area (Å²) in [6, 6.07) is 7.22. The number of hydrogen-bond donors (Lipinski definition) is 1. The van der Waals surface area contributed by atoms with E-state index in [2.05, 4.69) is 10.3 Å². The number of nitrogens with zero attached hydrogens (tertiary/aromatic N) is 3. The molecular formula is C17H21ClN4O. The van der Waals surface area contributed by atoms with Crippen molar-refractivity contribution < 1.29 is 4.79 Å². The standard InChI is InChI=1S/C17H21ClN4O/c1-21-10-8-19-16(21)11-13-5-4-9-22(12-13)17(23)20-15-7-3-2-6-14(15)18/h2-3,6-8,10,13H,4-5,9,11-12H2,1H3,(H,20,23). The van der Waals surface area contributed by atoms with Gasteiger partial charge in [0.2, 0.25) is 0 Å². The van der Waals surface area contributed by atoms with Crippen molar-refractivity contribution in [2.24, 2.45) is 13.0 Å². The number of hydrogen-bond acceptors (Lipinski definition) is 2. The van der Waals surface area contributed by atoms with Crippen LogP contribution in [0.25, 0.3) is 0 Å². The number of imidazole rings is 1. The van der Waals surface area contributed by atoms with Crippen molar-refractivity contribution in [3.05, 3.63) is 47.5 Å². The number of carbonyl (C=O) groups excluding carboxylic acids is 1. The van der Waals surface area contributed by atoms with Crippen LogP contribution in [0.5, 0.6) is 0 Å². The van der Waals surface area contributed by atoms with E-state index in [0.29, 0.717) is 16.6 Å². The predicted octanol–water partition coefficient (Wildman–Crippen LogP) is 3.56. The number of rotatable bonds is 3. The summed E-state index contributed by atoms with van der Waals surface area (Å²) in [7, 11) is 2.01. The molecule has 0 saturated carbocycles. The van der Waals surface area contributed by atoms with E-state index in [9.17, 15) is 4.79 Å². The van der Waals surface area contributed by atoms with Crippen LogP contribution in [0.1, 0.15) is 18.7 Å². The Morgan fingerprint density at radius 3 is 3.00 bits per heavy atom. The van der Waals surface area contributed by atoms with E-state index in [0.717, 1.165) is 38.2 Å². The fraction of sp³-hybridized carbons (Fsp3) is 0.412. The molecule has 1 unspecified atom stereocenters. The second-order valence-corrected chi connectivity index (χ2v) is 6.43. The summed E-state index contributed by atoms with van der Waals surface area (Å²) in [5.74, 6) is 1.52. The first kappa shape index (κ1) is 15.9. The van der Waals surface area contributed by atoms with Gasteiger partial charge in [0.15, 0.2) is 0 Å². The molecule has 2 heterocycles. The minimum absolute atomic E-state index is 0.0809. The van der Waals surface area contributed by atoms with Crippen molar-refractivity contribution in [3.8, 4) is 0 Å². The Bertz CT molecular complexity index is 685. The Morgan fingerprint density at radius 2 is 2.26 bits per heavy atom. The van der Waals surface area contributed by atoms with Gasteiger partial charge in [0.1, 0.15) is 5.82 Å². The van der Waals surface area contributed by atoms with Crippen LogP contribution in [0.4, 0.5) is 10.5 Å². The van der Waals surface area contributed by atoms with Crippen LogP contribution in [0.15, 0.2) is 36.7 Å². The number of aryl methyl sites for hydroxylation is 1. The number of carbonyl (C=O) groups is 1. The van der Waals surface area contributed by atoms with Crippen LogP contribution in [-0.2, 0) is 13.5 Å². The minimum Gasteiger partial charge on any atom is -0.338 e. The van der Waals surface area contributed by atoms with E-state index >= 15 is 0 Å². The molecule has 0 spiro atoms. The summed E-state index contributed by atoms with van der Waals surface area (Å²) in [6.45, 7) is 1.54. The molecule has 1 aliphatic heterocycles. The van der Waals surface area contributed by atoms with Gasteiger partial charge < -0.3 is 14.8 Å². The number of halogens is 1. The Kier molecular flexibility index (Phi) is 4.86. The van der Waals surface area contributed by atoms with Crippen molar-refractivity contribution in [1.29, 1.82) is 0 Å². The molecule has 5 nitrogen and oxygen atoms in total. The maximum atomic E-state index is 12.5. The molecular weight excluding hydrogens is 312 g/mol. The smallest absolute Gasteiger partial charge is 0.321 e.